The maximum absolute atomic E-state index is 10.9. The highest BCUT2D eigenvalue weighted by Crippen LogP contribution is 2.27. The number of ether oxygens (including phenoxy) is 1. The molecular formula is C12H16O4S. The van der Waals surface area contributed by atoms with Crippen molar-refractivity contribution in [2.24, 2.45) is 0 Å². The fourth-order valence-electron chi connectivity index (χ4n) is 1.87. The number of thioether (sulfide) groups is 1. The molecule has 0 saturated carbocycles. The van der Waals surface area contributed by atoms with Crippen LogP contribution in [-0.4, -0.2) is 29.5 Å². The van der Waals surface area contributed by atoms with E-state index in [-0.39, 0.29) is 5.56 Å². The van der Waals surface area contributed by atoms with E-state index in [9.17, 15) is 4.79 Å². The molecule has 94 valence electrons. The number of furan rings is 1. The first-order valence-electron chi connectivity index (χ1n) is 5.69. The van der Waals surface area contributed by atoms with Crippen LogP contribution in [0, 0.1) is 6.92 Å². The molecule has 0 amide bonds. The van der Waals surface area contributed by atoms with E-state index in [0.29, 0.717) is 11.0 Å². The van der Waals surface area contributed by atoms with Crippen LogP contribution >= 0.6 is 11.8 Å². The topological polar surface area (TPSA) is 59.7 Å². The molecule has 0 bridgehead atoms. The minimum absolute atomic E-state index is 0.271. The van der Waals surface area contributed by atoms with Gasteiger partial charge in [0.05, 0.1) is 5.75 Å². The Morgan fingerprint density at radius 3 is 2.82 bits per heavy atom. The van der Waals surface area contributed by atoms with Gasteiger partial charge in [-0.25, -0.2) is 4.79 Å². The van der Waals surface area contributed by atoms with Crippen LogP contribution in [0.2, 0.25) is 0 Å². The molecule has 2 heterocycles. The van der Waals surface area contributed by atoms with Gasteiger partial charge >= 0.3 is 5.97 Å². The molecule has 1 aromatic heterocycles. The number of aryl methyl sites for hydroxylation is 1. The lowest BCUT2D eigenvalue weighted by molar-refractivity contribution is 0.0695. The van der Waals surface area contributed by atoms with Crippen molar-refractivity contribution >= 4 is 17.7 Å². The van der Waals surface area contributed by atoms with Gasteiger partial charge in [0.2, 0.25) is 0 Å². The van der Waals surface area contributed by atoms with Crippen LogP contribution in [-0.2, 0) is 10.5 Å². The summed E-state index contributed by atoms with van der Waals surface area (Å²) in [5.74, 6) is 1.05. The Kier molecular flexibility index (Phi) is 4.12. The third-order valence-electron chi connectivity index (χ3n) is 2.83. The third kappa shape index (κ3) is 3.26. The highest BCUT2D eigenvalue weighted by molar-refractivity contribution is 7.99. The molecule has 1 aliphatic heterocycles. The summed E-state index contributed by atoms with van der Waals surface area (Å²) in [7, 11) is 0. The van der Waals surface area contributed by atoms with Gasteiger partial charge < -0.3 is 14.3 Å². The molecule has 1 N–H and O–H groups in total. The van der Waals surface area contributed by atoms with Gasteiger partial charge in [0, 0.05) is 18.5 Å². The fraction of sp³-hybridized carbons (Fsp3) is 0.583. The van der Waals surface area contributed by atoms with E-state index in [2.05, 4.69) is 0 Å². The standard InChI is InChI=1S/C12H16O4S/c1-8-11(12(13)14)6-9(16-8)7-17-10-2-4-15-5-3-10/h6,10H,2-5,7H2,1H3,(H,13,14). The quantitative estimate of drug-likeness (QED) is 0.897. The van der Waals surface area contributed by atoms with Gasteiger partial charge in [-0.1, -0.05) is 0 Å². The highest BCUT2D eigenvalue weighted by Gasteiger charge is 2.17. The molecule has 0 unspecified atom stereocenters. The maximum Gasteiger partial charge on any atom is 0.339 e. The van der Waals surface area contributed by atoms with Crippen molar-refractivity contribution < 1.29 is 19.1 Å². The largest absolute Gasteiger partial charge is 0.478 e. The van der Waals surface area contributed by atoms with Crippen molar-refractivity contribution in [3.05, 3.63) is 23.2 Å². The minimum Gasteiger partial charge on any atom is -0.478 e. The highest BCUT2D eigenvalue weighted by atomic mass is 32.2. The summed E-state index contributed by atoms with van der Waals surface area (Å²) in [5.41, 5.74) is 0.271. The van der Waals surface area contributed by atoms with Crippen LogP contribution in [0.3, 0.4) is 0 Å². The van der Waals surface area contributed by atoms with Crippen LogP contribution < -0.4 is 0 Å². The first-order chi connectivity index (χ1) is 8.16. The van der Waals surface area contributed by atoms with Gasteiger partial charge in [-0.2, -0.15) is 11.8 Å². The van der Waals surface area contributed by atoms with Gasteiger partial charge in [-0.05, 0) is 25.8 Å². The molecule has 0 atom stereocenters. The van der Waals surface area contributed by atoms with E-state index >= 15 is 0 Å². The maximum atomic E-state index is 10.9. The Labute approximate surface area is 104 Å². The van der Waals surface area contributed by atoms with Crippen molar-refractivity contribution in [2.75, 3.05) is 13.2 Å². The second-order valence-electron chi connectivity index (χ2n) is 4.11. The van der Waals surface area contributed by atoms with Crippen molar-refractivity contribution in [2.45, 2.75) is 30.8 Å². The zero-order chi connectivity index (χ0) is 12.3. The molecule has 0 radical (unpaired) electrons. The number of carboxylic acid groups (broad SMARTS) is 1. The molecule has 17 heavy (non-hydrogen) atoms. The predicted molar refractivity (Wildman–Crippen MR) is 65.5 cm³/mol. The van der Waals surface area contributed by atoms with Gasteiger partial charge in [0.15, 0.2) is 0 Å². The molecule has 4 nitrogen and oxygen atoms in total. The van der Waals surface area contributed by atoms with Gasteiger partial charge in [0.25, 0.3) is 0 Å². The summed E-state index contributed by atoms with van der Waals surface area (Å²) < 4.78 is 10.7. The van der Waals surface area contributed by atoms with E-state index in [0.717, 1.165) is 37.6 Å². The van der Waals surface area contributed by atoms with Crippen molar-refractivity contribution in [1.82, 2.24) is 0 Å². The monoisotopic (exact) mass is 256 g/mol. The minimum atomic E-state index is -0.923. The molecule has 0 aromatic carbocycles. The van der Waals surface area contributed by atoms with Gasteiger partial charge in [-0.15, -0.1) is 0 Å². The molecular weight excluding hydrogens is 240 g/mol. The summed E-state index contributed by atoms with van der Waals surface area (Å²) in [5, 5.41) is 9.51. The van der Waals surface area contributed by atoms with Crippen LogP contribution in [0.1, 0.15) is 34.7 Å². The van der Waals surface area contributed by atoms with Crippen LogP contribution in [0.5, 0.6) is 0 Å². The molecule has 0 aliphatic carbocycles. The Morgan fingerprint density at radius 1 is 1.53 bits per heavy atom. The number of hydrogen-bond donors (Lipinski definition) is 1. The van der Waals surface area contributed by atoms with Crippen LogP contribution in [0.4, 0.5) is 0 Å². The average Bonchev–Trinajstić information content (AvgIpc) is 2.69. The second kappa shape index (κ2) is 5.60. The number of carbonyl (C=O) groups is 1. The summed E-state index contributed by atoms with van der Waals surface area (Å²) in [6.07, 6.45) is 2.13. The lowest BCUT2D eigenvalue weighted by Crippen LogP contribution is -2.17. The van der Waals surface area contributed by atoms with E-state index in [4.69, 9.17) is 14.3 Å². The summed E-state index contributed by atoms with van der Waals surface area (Å²) in [6.45, 7) is 3.34. The number of hydrogen-bond acceptors (Lipinski definition) is 4. The lowest BCUT2D eigenvalue weighted by Gasteiger charge is -2.20. The summed E-state index contributed by atoms with van der Waals surface area (Å²) in [4.78, 5) is 10.9. The van der Waals surface area contributed by atoms with E-state index in [1.165, 1.54) is 0 Å². The summed E-state index contributed by atoms with van der Waals surface area (Å²) >= 11 is 1.82. The molecule has 0 spiro atoms. The summed E-state index contributed by atoms with van der Waals surface area (Å²) in [6, 6.07) is 1.63. The molecule has 1 aliphatic rings. The number of aromatic carboxylic acids is 1. The first kappa shape index (κ1) is 12.5. The van der Waals surface area contributed by atoms with Crippen molar-refractivity contribution in [3.8, 4) is 0 Å². The van der Waals surface area contributed by atoms with Crippen LogP contribution in [0.15, 0.2) is 10.5 Å². The van der Waals surface area contributed by atoms with Gasteiger partial charge in [0.1, 0.15) is 17.1 Å². The van der Waals surface area contributed by atoms with Crippen molar-refractivity contribution in [3.63, 3.8) is 0 Å². The first-order valence-corrected chi connectivity index (χ1v) is 6.73. The predicted octanol–water partition coefficient (Wildman–Crippen LogP) is 2.70. The zero-order valence-corrected chi connectivity index (χ0v) is 10.6. The Balaban J connectivity index is 1.90. The molecule has 1 aromatic rings. The van der Waals surface area contributed by atoms with E-state index in [1.54, 1.807) is 13.0 Å². The van der Waals surface area contributed by atoms with Crippen molar-refractivity contribution in [1.29, 1.82) is 0 Å². The SMILES string of the molecule is Cc1oc(CSC2CCOCC2)cc1C(=O)O. The second-order valence-corrected chi connectivity index (χ2v) is 5.40. The third-order valence-corrected chi connectivity index (χ3v) is 4.22. The molecule has 5 heteroatoms. The van der Waals surface area contributed by atoms with E-state index in [1.807, 2.05) is 11.8 Å². The lowest BCUT2D eigenvalue weighted by atomic mass is 10.2. The molecule has 2 rings (SSSR count). The Hall–Kier alpha value is -0.940. The Bertz CT molecular complexity index is 393. The Morgan fingerprint density at radius 2 is 2.24 bits per heavy atom. The fourth-order valence-corrected chi connectivity index (χ4v) is 2.94. The average molecular weight is 256 g/mol. The smallest absolute Gasteiger partial charge is 0.339 e. The molecule has 1 fully saturated rings. The van der Waals surface area contributed by atoms with Crippen LogP contribution in [0.25, 0.3) is 0 Å². The number of carboxylic acids is 1. The van der Waals surface area contributed by atoms with Gasteiger partial charge in [-0.3, -0.25) is 0 Å². The number of rotatable bonds is 4. The normalized spacial score (nSPS) is 17.2. The molecule has 1 saturated heterocycles. The van der Waals surface area contributed by atoms with E-state index < -0.39 is 5.97 Å². The zero-order valence-electron chi connectivity index (χ0n) is 9.77.